The topological polar surface area (TPSA) is 97.1 Å². The predicted molar refractivity (Wildman–Crippen MR) is 96.6 cm³/mol. The van der Waals surface area contributed by atoms with E-state index in [0.29, 0.717) is 5.13 Å². The zero-order valence-electron chi connectivity index (χ0n) is 14.7. The van der Waals surface area contributed by atoms with E-state index in [1.807, 2.05) is 13.8 Å². The van der Waals surface area contributed by atoms with Gasteiger partial charge in [-0.15, -0.1) is 10.2 Å². The maximum Gasteiger partial charge on any atom is 0.287 e. The molecule has 0 bridgehead atoms. The van der Waals surface area contributed by atoms with Crippen molar-refractivity contribution in [3.63, 3.8) is 0 Å². The number of carbonyl (C=O) groups excluding carboxylic acids is 2. The Bertz CT molecular complexity index is 682. The van der Waals surface area contributed by atoms with E-state index >= 15 is 0 Å². The summed E-state index contributed by atoms with van der Waals surface area (Å²) >= 11 is 1.37. The minimum absolute atomic E-state index is 0.0872. The summed E-state index contributed by atoms with van der Waals surface area (Å²) in [5.74, 6) is -0.647. The van der Waals surface area contributed by atoms with Crippen molar-refractivity contribution in [3.05, 3.63) is 29.2 Å². The minimum atomic E-state index is -0.690. The first kappa shape index (κ1) is 19.1. The van der Waals surface area contributed by atoms with E-state index in [0.717, 1.165) is 30.7 Å². The van der Waals surface area contributed by atoms with Gasteiger partial charge in [-0.3, -0.25) is 14.9 Å². The average molecular weight is 364 g/mol. The van der Waals surface area contributed by atoms with Gasteiger partial charge in [-0.05, 0) is 24.5 Å². The van der Waals surface area contributed by atoms with E-state index in [9.17, 15) is 9.59 Å². The first-order valence-corrected chi connectivity index (χ1v) is 9.30. The quantitative estimate of drug-likeness (QED) is 0.666. The summed E-state index contributed by atoms with van der Waals surface area (Å²) in [4.78, 5) is 24.6. The second kappa shape index (κ2) is 9.31. The third-order valence-electron chi connectivity index (χ3n) is 3.67. The number of furan rings is 1. The van der Waals surface area contributed by atoms with Crippen molar-refractivity contribution in [3.8, 4) is 0 Å². The average Bonchev–Trinajstić information content (AvgIpc) is 3.24. The Labute approximate surface area is 151 Å². The maximum atomic E-state index is 12.5. The Kier molecular flexibility index (Phi) is 7.12. The molecule has 0 spiro atoms. The lowest BCUT2D eigenvalue weighted by Crippen LogP contribution is -2.47. The van der Waals surface area contributed by atoms with Crippen LogP contribution >= 0.6 is 11.3 Å². The van der Waals surface area contributed by atoms with Gasteiger partial charge in [0, 0.05) is 6.42 Å². The Balaban J connectivity index is 1.95. The molecule has 0 aromatic carbocycles. The molecule has 2 aromatic rings. The van der Waals surface area contributed by atoms with Crippen molar-refractivity contribution < 1.29 is 14.0 Å². The Morgan fingerprint density at radius 1 is 1.28 bits per heavy atom. The summed E-state index contributed by atoms with van der Waals surface area (Å²) in [6, 6.07) is 2.49. The predicted octanol–water partition coefficient (Wildman–Crippen LogP) is 3.26. The van der Waals surface area contributed by atoms with Crippen molar-refractivity contribution in [2.45, 2.75) is 52.5 Å². The van der Waals surface area contributed by atoms with Gasteiger partial charge in [0.1, 0.15) is 11.0 Å². The number of rotatable bonds is 9. The number of hydrogen-bond donors (Lipinski definition) is 2. The largest absolute Gasteiger partial charge is 0.459 e. The summed E-state index contributed by atoms with van der Waals surface area (Å²) in [7, 11) is 0. The van der Waals surface area contributed by atoms with E-state index in [1.165, 1.54) is 17.6 Å². The molecule has 0 aliphatic carbocycles. The first-order valence-electron chi connectivity index (χ1n) is 8.48. The van der Waals surface area contributed by atoms with Crippen LogP contribution in [0.15, 0.2) is 22.8 Å². The Morgan fingerprint density at radius 2 is 2.08 bits per heavy atom. The molecule has 0 radical (unpaired) electrons. The highest BCUT2D eigenvalue weighted by molar-refractivity contribution is 7.15. The fourth-order valence-electron chi connectivity index (χ4n) is 2.27. The molecule has 7 nitrogen and oxygen atoms in total. The molecule has 136 valence electrons. The maximum absolute atomic E-state index is 12.5. The second-order valence-corrected chi connectivity index (χ2v) is 7.18. The van der Waals surface area contributed by atoms with Crippen molar-refractivity contribution in [1.82, 2.24) is 15.5 Å². The number of anilines is 1. The van der Waals surface area contributed by atoms with Gasteiger partial charge >= 0.3 is 0 Å². The van der Waals surface area contributed by atoms with Crippen LogP contribution in [0.4, 0.5) is 5.13 Å². The SMILES string of the molecule is CCCCCc1nnc(NC(=O)C(NC(=O)c2ccco2)C(C)C)s1. The van der Waals surface area contributed by atoms with Crippen LogP contribution in [0.1, 0.15) is 55.6 Å². The van der Waals surface area contributed by atoms with Crippen LogP contribution in [0.5, 0.6) is 0 Å². The molecule has 2 heterocycles. The fraction of sp³-hybridized carbons (Fsp3) is 0.529. The first-order chi connectivity index (χ1) is 12.0. The number of nitrogens with zero attached hydrogens (tertiary/aromatic N) is 2. The number of carbonyl (C=O) groups is 2. The van der Waals surface area contributed by atoms with Crippen molar-refractivity contribution >= 4 is 28.3 Å². The monoisotopic (exact) mass is 364 g/mol. The summed E-state index contributed by atoms with van der Waals surface area (Å²) in [5.41, 5.74) is 0. The van der Waals surface area contributed by atoms with Crippen molar-refractivity contribution in [2.75, 3.05) is 5.32 Å². The normalized spacial score (nSPS) is 12.2. The van der Waals surface area contributed by atoms with Crippen LogP contribution in [-0.4, -0.2) is 28.1 Å². The molecule has 2 rings (SSSR count). The standard InChI is InChI=1S/C17H24N4O3S/c1-4-5-6-9-13-20-21-17(25-13)19-16(23)14(11(2)3)18-15(22)12-8-7-10-24-12/h7-8,10-11,14H,4-6,9H2,1-3H3,(H,18,22)(H,19,21,23). The molecule has 1 atom stereocenters. The lowest BCUT2D eigenvalue weighted by Gasteiger charge is -2.20. The highest BCUT2D eigenvalue weighted by atomic mass is 32.1. The fourth-order valence-corrected chi connectivity index (χ4v) is 3.05. The van der Waals surface area contributed by atoms with Gasteiger partial charge in [0.05, 0.1) is 6.26 Å². The van der Waals surface area contributed by atoms with Gasteiger partial charge in [-0.2, -0.15) is 0 Å². The summed E-state index contributed by atoms with van der Waals surface area (Å²) in [6.45, 7) is 5.88. The summed E-state index contributed by atoms with van der Waals surface area (Å²) < 4.78 is 5.06. The number of aryl methyl sites for hydroxylation is 1. The molecule has 2 amide bonds. The third kappa shape index (κ3) is 5.67. The van der Waals surface area contributed by atoms with Crippen LogP contribution in [-0.2, 0) is 11.2 Å². The lowest BCUT2D eigenvalue weighted by molar-refractivity contribution is -0.118. The van der Waals surface area contributed by atoms with Crippen LogP contribution in [0.25, 0.3) is 0 Å². The van der Waals surface area contributed by atoms with E-state index in [-0.39, 0.29) is 17.6 Å². The Morgan fingerprint density at radius 3 is 2.72 bits per heavy atom. The molecule has 25 heavy (non-hydrogen) atoms. The molecule has 2 N–H and O–H groups in total. The number of nitrogens with one attached hydrogen (secondary N) is 2. The second-order valence-electron chi connectivity index (χ2n) is 6.12. The molecule has 0 fully saturated rings. The highest BCUT2D eigenvalue weighted by Crippen LogP contribution is 2.18. The zero-order chi connectivity index (χ0) is 18.2. The van der Waals surface area contributed by atoms with Crippen molar-refractivity contribution in [2.24, 2.45) is 5.92 Å². The minimum Gasteiger partial charge on any atom is -0.459 e. The lowest BCUT2D eigenvalue weighted by atomic mass is 10.0. The number of amides is 2. The number of aromatic nitrogens is 2. The molecule has 0 saturated carbocycles. The molecule has 0 aliphatic heterocycles. The summed E-state index contributed by atoms with van der Waals surface area (Å²) in [6.07, 6.45) is 5.64. The molecule has 8 heteroatoms. The third-order valence-corrected chi connectivity index (χ3v) is 4.57. The zero-order valence-corrected chi connectivity index (χ0v) is 15.6. The molecule has 1 unspecified atom stereocenters. The molecular formula is C17H24N4O3S. The van der Waals surface area contributed by atoms with Crippen LogP contribution in [0, 0.1) is 5.92 Å². The smallest absolute Gasteiger partial charge is 0.287 e. The number of hydrogen-bond acceptors (Lipinski definition) is 6. The number of unbranched alkanes of at least 4 members (excludes halogenated alkanes) is 2. The van der Waals surface area contributed by atoms with Gasteiger partial charge in [-0.1, -0.05) is 44.9 Å². The van der Waals surface area contributed by atoms with Crippen molar-refractivity contribution in [1.29, 1.82) is 0 Å². The summed E-state index contributed by atoms with van der Waals surface area (Å²) in [5, 5.41) is 14.9. The molecular weight excluding hydrogens is 340 g/mol. The van der Waals surface area contributed by atoms with E-state index < -0.39 is 11.9 Å². The van der Waals surface area contributed by atoms with Gasteiger partial charge in [-0.25, -0.2) is 0 Å². The van der Waals surface area contributed by atoms with E-state index in [1.54, 1.807) is 12.1 Å². The highest BCUT2D eigenvalue weighted by Gasteiger charge is 2.26. The van der Waals surface area contributed by atoms with E-state index in [4.69, 9.17) is 4.42 Å². The van der Waals surface area contributed by atoms with Gasteiger partial charge in [0.15, 0.2) is 5.76 Å². The van der Waals surface area contributed by atoms with Crippen LogP contribution in [0.3, 0.4) is 0 Å². The molecule has 2 aromatic heterocycles. The molecule has 0 saturated heterocycles. The van der Waals surface area contributed by atoms with Crippen LogP contribution < -0.4 is 10.6 Å². The van der Waals surface area contributed by atoms with Gasteiger partial charge in [0.25, 0.3) is 5.91 Å². The Hall–Kier alpha value is -2.22. The van der Waals surface area contributed by atoms with Crippen LogP contribution in [0.2, 0.25) is 0 Å². The van der Waals surface area contributed by atoms with E-state index in [2.05, 4.69) is 27.8 Å². The van der Waals surface area contributed by atoms with Gasteiger partial charge in [0.2, 0.25) is 11.0 Å². The molecule has 0 aliphatic rings. The van der Waals surface area contributed by atoms with Gasteiger partial charge < -0.3 is 9.73 Å².